The first kappa shape index (κ1) is 14.1. The Morgan fingerprint density at radius 2 is 2.19 bits per heavy atom. The van der Waals surface area contributed by atoms with E-state index < -0.39 is 0 Å². The molecule has 5 nitrogen and oxygen atoms in total. The maximum atomic E-state index is 12.8. The lowest BCUT2D eigenvalue weighted by Crippen LogP contribution is -2.26. The van der Waals surface area contributed by atoms with Gasteiger partial charge in [0.15, 0.2) is 0 Å². The highest BCUT2D eigenvalue weighted by Crippen LogP contribution is 2.20. The summed E-state index contributed by atoms with van der Waals surface area (Å²) in [4.78, 5) is 11.9. The predicted molar refractivity (Wildman–Crippen MR) is 76.7 cm³/mol. The van der Waals surface area contributed by atoms with Gasteiger partial charge in [-0.2, -0.15) is 0 Å². The molecule has 1 saturated heterocycles. The number of hydrogen-bond donors (Lipinski definition) is 1. The Morgan fingerprint density at radius 3 is 2.90 bits per heavy atom. The van der Waals surface area contributed by atoms with Crippen LogP contribution < -0.4 is 5.32 Å². The highest BCUT2D eigenvalue weighted by atomic mass is 32.1. The molecule has 7 heteroatoms. The van der Waals surface area contributed by atoms with Crippen molar-refractivity contribution in [1.82, 2.24) is 10.2 Å². The van der Waals surface area contributed by atoms with E-state index in [1.807, 2.05) is 0 Å². The lowest BCUT2D eigenvalue weighted by molar-refractivity contribution is -0.124. The zero-order valence-corrected chi connectivity index (χ0v) is 12.0. The molecule has 110 valence electrons. The van der Waals surface area contributed by atoms with Crippen LogP contribution in [0.15, 0.2) is 24.3 Å². The summed E-state index contributed by atoms with van der Waals surface area (Å²) in [6.07, 6.45) is 1.83. The first-order chi connectivity index (χ1) is 10.2. The van der Waals surface area contributed by atoms with Crippen molar-refractivity contribution >= 4 is 22.4 Å². The van der Waals surface area contributed by atoms with Crippen molar-refractivity contribution < 1.29 is 13.9 Å². The number of amides is 1. The van der Waals surface area contributed by atoms with Crippen molar-refractivity contribution in [1.29, 1.82) is 0 Å². The predicted octanol–water partition coefficient (Wildman–Crippen LogP) is 2.39. The number of aromatic nitrogens is 2. The van der Waals surface area contributed by atoms with Gasteiger partial charge in [0.25, 0.3) is 5.91 Å². The first-order valence-electron chi connectivity index (χ1n) is 6.70. The average molecular weight is 307 g/mol. The smallest absolute Gasteiger partial charge is 0.255 e. The molecule has 1 amide bonds. The monoisotopic (exact) mass is 307 g/mol. The van der Waals surface area contributed by atoms with E-state index >= 15 is 0 Å². The van der Waals surface area contributed by atoms with Crippen molar-refractivity contribution in [3.63, 3.8) is 0 Å². The van der Waals surface area contributed by atoms with Gasteiger partial charge >= 0.3 is 0 Å². The molecule has 1 aliphatic heterocycles. The van der Waals surface area contributed by atoms with Crippen LogP contribution in [0, 0.1) is 5.82 Å². The van der Waals surface area contributed by atoms with Crippen LogP contribution in [0.1, 0.15) is 23.4 Å². The highest BCUT2D eigenvalue weighted by Gasteiger charge is 2.24. The molecule has 0 saturated carbocycles. The molecule has 2 aromatic rings. The third-order valence-corrected chi connectivity index (χ3v) is 4.03. The van der Waals surface area contributed by atoms with Crippen molar-refractivity contribution in [2.75, 3.05) is 11.9 Å². The van der Waals surface area contributed by atoms with E-state index in [0.29, 0.717) is 18.2 Å². The van der Waals surface area contributed by atoms with Crippen LogP contribution in [0.25, 0.3) is 0 Å². The second-order valence-corrected chi connectivity index (χ2v) is 5.86. The number of rotatable bonds is 4. The zero-order chi connectivity index (χ0) is 14.7. The van der Waals surface area contributed by atoms with Crippen molar-refractivity contribution in [3.8, 4) is 0 Å². The molecule has 0 radical (unpaired) electrons. The Balaban J connectivity index is 1.60. The minimum Gasteiger partial charge on any atom is -0.368 e. The van der Waals surface area contributed by atoms with Gasteiger partial charge in [-0.25, -0.2) is 4.39 Å². The summed E-state index contributed by atoms with van der Waals surface area (Å²) in [6, 6.07) is 6.25. The third-order valence-electron chi connectivity index (χ3n) is 3.19. The number of carbonyl (C=O) groups is 1. The molecule has 0 bridgehead atoms. The molecule has 0 spiro atoms. The fraction of sp³-hybridized carbons (Fsp3) is 0.357. The first-order valence-corrected chi connectivity index (χ1v) is 7.51. The Labute approximate surface area is 125 Å². The number of nitrogens with zero attached hydrogens (tertiary/aromatic N) is 2. The van der Waals surface area contributed by atoms with E-state index in [0.717, 1.165) is 23.4 Å². The number of hydrogen-bond acceptors (Lipinski definition) is 5. The second kappa shape index (κ2) is 6.28. The maximum Gasteiger partial charge on any atom is 0.255 e. The van der Waals surface area contributed by atoms with Crippen molar-refractivity contribution in [3.05, 3.63) is 40.7 Å². The summed E-state index contributed by atoms with van der Waals surface area (Å²) in [6.45, 7) is 0.629. The number of ether oxygens (including phenoxy) is 1. The van der Waals surface area contributed by atoms with E-state index in [9.17, 15) is 9.18 Å². The van der Waals surface area contributed by atoms with Crippen LogP contribution in [0.5, 0.6) is 0 Å². The molecule has 21 heavy (non-hydrogen) atoms. The summed E-state index contributed by atoms with van der Waals surface area (Å²) in [5.74, 6) is -0.433. The van der Waals surface area contributed by atoms with Gasteiger partial charge < -0.3 is 4.74 Å². The molecular formula is C14H14FN3O2S. The van der Waals surface area contributed by atoms with Gasteiger partial charge in [0.05, 0.1) is 0 Å². The van der Waals surface area contributed by atoms with Crippen LogP contribution in [-0.2, 0) is 16.0 Å². The highest BCUT2D eigenvalue weighted by molar-refractivity contribution is 7.15. The third kappa shape index (κ3) is 3.62. The number of anilines is 1. The van der Waals surface area contributed by atoms with Gasteiger partial charge in [-0.15, -0.1) is 10.2 Å². The van der Waals surface area contributed by atoms with E-state index in [1.54, 1.807) is 12.1 Å². The Kier molecular flexibility index (Phi) is 4.21. The van der Waals surface area contributed by atoms with Gasteiger partial charge in [0.2, 0.25) is 5.13 Å². The Morgan fingerprint density at radius 1 is 1.38 bits per heavy atom. The van der Waals surface area contributed by atoms with Crippen LogP contribution >= 0.6 is 11.3 Å². The fourth-order valence-electron chi connectivity index (χ4n) is 2.12. The van der Waals surface area contributed by atoms with Crippen LogP contribution in [-0.4, -0.2) is 28.8 Å². The molecule has 2 heterocycles. The Bertz CT molecular complexity index is 623. The quantitative estimate of drug-likeness (QED) is 0.942. The summed E-state index contributed by atoms with van der Waals surface area (Å²) < 4.78 is 18.1. The lowest BCUT2D eigenvalue weighted by Gasteiger charge is -2.06. The van der Waals surface area contributed by atoms with Crippen LogP contribution in [0.4, 0.5) is 9.52 Å². The molecule has 1 N–H and O–H groups in total. The van der Waals surface area contributed by atoms with E-state index in [4.69, 9.17) is 4.74 Å². The zero-order valence-electron chi connectivity index (χ0n) is 11.2. The number of halogens is 1. The molecule has 1 aliphatic rings. The van der Waals surface area contributed by atoms with Gasteiger partial charge in [0.1, 0.15) is 16.9 Å². The number of carbonyl (C=O) groups excluding carboxylic acids is 1. The van der Waals surface area contributed by atoms with Crippen molar-refractivity contribution in [2.45, 2.75) is 25.4 Å². The summed E-state index contributed by atoms with van der Waals surface area (Å²) in [7, 11) is 0. The van der Waals surface area contributed by atoms with Gasteiger partial charge in [-0.1, -0.05) is 23.5 Å². The van der Waals surface area contributed by atoms with Crippen LogP contribution in [0.2, 0.25) is 0 Å². The normalized spacial score (nSPS) is 17.9. The molecule has 0 aliphatic carbocycles. The van der Waals surface area contributed by atoms with Gasteiger partial charge in [-0.3, -0.25) is 10.1 Å². The molecule has 1 unspecified atom stereocenters. The summed E-state index contributed by atoms with van der Waals surface area (Å²) >= 11 is 1.32. The van der Waals surface area contributed by atoms with Gasteiger partial charge in [-0.05, 0) is 30.5 Å². The molecule has 1 atom stereocenters. The van der Waals surface area contributed by atoms with Crippen molar-refractivity contribution in [2.24, 2.45) is 0 Å². The Hall–Kier alpha value is -1.86. The summed E-state index contributed by atoms with van der Waals surface area (Å²) in [5.41, 5.74) is 0.949. The van der Waals surface area contributed by atoms with E-state index in [-0.39, 0.29) is 17.8 Å². The molecule has 1 fully saturated rings. The van der Waals surface area contributed by atoms with E-state index in [1.165, 1.54) is 23.5 Å². The van der Waals surface area contributed by atoms with Crippen LogP contribution in [0.3, 0.4) is 0 Å². The van der Waals surface area contributed by atoms with E-state index in [2.05, 4.69) is 15.5 Å². The summed E-state index contributed by atoms with van der Waals surface area (Å²) in [5, 5.41) is 11.9. The maximum absolute atomic E-state index is 12.8. The SMILES string of the molecule is O=C(Nc1nnc(Cc2ccc(F)cc2)s1)C1CCCO1. The largest absolute Gasteiger partial charge is 0.368 e. The minimum atomic E-state index is -0.380. The van der Waals surface area contributed by atoms with Gasteiger partial charge in [0, 0.05) is 13.0 Å². The second-order valence-electron chi connectivity index (χ2n) is 4.80. The molecule has 3 rings (SSSR count). The number of benzene rings is 1. The topological polar surface area (TPSA) is 64.1 Å². The molecule has 1 aromatic carbocycles. The fourth-order valence-corrected chi connectivity index (χ4v) is 2.90. The lowest BCUT2D eigenvalue weighted by atomic mass is 10.2. The molecule has 1 aromatic heterocycles. The molecular weight excluding hydrogens is 293 g/mol. The number of nitrogens with one attached hydrogen (secondary N) is 1. The minimum absolute atomic E-state index is 0.169. The standard InChI is InChI=1S/C14H14FN3O2S/c15-10-5-3-9(4-6-10)8-12-17-18-14(21-12)16-13(19)11-2-1-7-20-11/h3-6,11H,1-2,7-8H2,(H,16,18,19). The average Bonchev–Trinajstić information content (AvgIpc) is 3.13.